The first-order valence-electron chi connectivity index (χ1n) is 6.32. The van der Waals surface area contributed by atoms with Crippen LogP contribution in [-0.2, 0) is 9.53 Å². The Morgan fingerprint density at radius 3 is 2.44 bits per heavy atom. The molecule has 0 bridgehead atoms. The van der Waals surface area contributed by atoms with Gasteiger partial charge in [-0.2, -0.15) is 0 Å². The highest BCUT2D eigenvalue weighted by Gasteiger charge is 2.54. The summed E-state index contributed by atoms with van der Waals surface area (Å²) in [6.07, 6.45) is 2.80. The Bertz CT molecular complexity index is 432. The molecule has 0 radical (unpaired) electrons. The third-order valence-corrected chi connectivity index (χ3v) is 3.91. The van der Waals surface area contributed by atoms with E-state index in [4.69, 9.17) is 9.15 Å². The number of aryl methyl sites for hydroxylation is 1. The molecule has 1 atom stereocenters. The molecule has 0 aliphatic heterocycles. The minimum absolute atomic E-state index is 0.0487. The maximum Gasteiger partial charge on any atom is 0.313 e. The normalized spacial score (nSPS) is 19.4. The van der Waals surface area contributed by atoms with Gasteiger partial charge in [-0.15, -0.1) is 0 Å². The molecule has 100 valence electrons. The molecule has 1 aliphatic carbocycles. The fraction of sp³-hybridized carbons (Fsp3) is 0.643. The van der Waals surface area contributed by atoms with Crippen LogP contribution in [-0.4, -0.2) is 32.1 Å². The molecule has 0 N–H and O–H groups in total. The van der Waals surface area contributed by atoms with Gasteiger partial charge >= 0.3 is 5.97 Å². The van der Waals surface area contributed by atoms with Gasteiger partial charge in [0.2, 0.25) is 0 Å². The van der Waals surface area contributed by atoms with Gasteiger partial charge in [0.15, 0.2) is 0 Å². The van der Waals surface area contributed by atoms with E-state index in [1.165, 1.54) is 7.11 Å². The highest BCUT2D eigenvalue weighted by atomic mass is 16.5. The van der Waals surface area contributed by atoms with Crippen LogP contribution in [0.15, 0.2) is 16.5 Å². The molecule has 0 saturated heterocycles. The number of ether oxygens (including phenoxy) is 1. The summed E-state index contributed by atoms with van der Waals surface area (Å²) in [5.74, 6) is 1.60. The van der Waals surface area contributed by atoms with E-state index in [0.717, 1.165) is 30.8 Å². The van der Waals surface area contributed by atoms with Gasteiger partial charge in [0.05, 0.1) is 18.6 Å². The summed E-state index contributed by atoms with van der Waals surface area (Å²) in [6, 6.07) is 3.85. The largest absolute Gasteiger partial charge is 0.469 e. The SMILES string of the molecule is COC(=O)C1(C(c2ccc(C)o2)N(C)C)CCC1. The zero-order valence-corrected chi connectivity index (χ0v) is 11.5. The third kappa shape index (κ3) is 1.94. The quantitative estimate of drug-likeness (QED) is 0.771. The topological polar surface area (TPSA) is 42.7 Å². The number of esters is 1. The van der Waals surface area contributed by atoms with E-state index < -0.39 is 5.41 Å². The van der Waals surface area contributed by atoms with Crippen molar-refractivity contribution in [2.45, 2.75) is 32.2 Å². The minimum atomic E-state index is -0.442. The number of methoxy groups -OCH3 is 1. The molecule has 18 heavy (non-hydrogen) atoms. The Morgan fingerprint density at radius 2 is 2.11 bits per heavy atom. The van der Waals surface area contributed by atoms with Crippen molar-refractivity contribution in [2.24, 2.45) is 5.41 Å². The smallest absolute Gasteiger partial charge is 0.313 e. The maximum atomic E-state index is 12.2. The van der Waals surface area contributed by atoms with Crippen LogP contribution in [0.25, 0.3) is 0 Å². The van der Waals surface area contributed by atoms with E-state index in [1.54, 1.807) is 0 Å². The average Bonchev–Trinajstić information content (AvgIpc) is 2.67. The maximum absolute atomic E-state index is 12.2. The van der Waals surface area contributed by atoms with Crippen LogP contribution >= 0.6 is 0 Å². The molecular weight excluding hydrogens is 230 g/mol. The van der Waals surface area contributed by atoms with E-state index in [9.17, 15) is 4.79 Å². The summed E-state index contributed by atoms with van der Waals surface area (Å²) in [6.45, 7) is 1.92. The van der Waals surface area contributed by atoms with Gasteiger partial charge in [0.1, 0.15) is 11.5 Å². The van der Waals surface area contributed by atoms with Crippen molar-refractivity contribution in [3.8, 4) is 0 Å². The minimum Gasteiger partial charge on any atom is -0.469 e. The fourth-order valence-electron chi connectivity index (χ4n) is 2.97. The predicted molar refractivity (Wildman–Crippen MR) is 68.2 cm³/mol. The Morgan fingerprint density at radius 1 is 1.44 bits per heavy atom. The standard InChI is InChI=1S/C14H21NO3/c1-10-6-7-11(18-10)12(15(2)3)14(8-5-9-14)13(16)17-4/h6-7,12H,5,8-9H2,1-4H3. The third-order valence-electron chi connectivity index (χ3n) is 3.91. The lowest BCUT2D eigenvalue weighted by molar-refractivity contribution is -0.165. The molecule has 1 aliphatic rings. The molecule has 0 amide bonds. The number of hydrogen-bond acceptors (Lipinski definition) is 4. The van der Waals surface area contributed by atoms with Crippen LogP contribution < -0.4 is 0 Å². The lowest BCUT2D eigenvalue weighted by Crippen LogP contribution is -2.48. The molecule has 1 saturated carbocycles. The Balaban J connectivity index is 2.38. The zero-order chi connectivity index (χ0) is 13.3. The molecule has 1 aromatic rings. The summed E-state index contributed by atoms with van der Waals surface area (Å²) < 4.78 is 10.7. The van der Waals surface area contributed by atoms with E-state index in [2.05, 4.69) is 0 Å². The molecule has 1 aromatic heterocycles. The van der Waals surface area contributed by atoms with E-state index in [0.29, 0.717) is 0 Å². The van der Waals surface area contributed by atoms with Gasteiger partial charge in [-0.1, -0.05) is 6.42 Å². The number of hydrogen-bond donors (Lipinski definition) is 0. The highest BCUT2D eigenvalue weighted by Crippen LogP contribution is 2.53. The Hall–Kier alpha value is -1.29. The van der Waals surface area contributed by atoms with Crippen molar-refractivity contribution < 1.29 is 13.9 Å². The summed E-state index contributed by atoms with van der Waals surface area (Å²) in [5, 5.41) is 0. The molecule has 4 nitrogen and oxygen atoms in total. The second-order valence-electron chi connectivity index (χ2n) is 5.32. The lowest BCUT2D eigenvalue weighted by Gasteiger charge is -2.46. The second-order valence-corrected chi connectivity index (χ2v) is 5.32. The Kier molecular flexibility index (Phi) is 3.48. The molecular formula is C14H21NO3. The Labute approximate surface area is 108 Å². The van der Waals surface area contributed by atoms with Crippen molar-refractivity contribution in [2.75, 3.05) is 21.2 Å². The number of nitrogens with zero attached hydrogens (tertiary/aromatic N) is 1. The van der Waals surface area contributed by atoms with Crippen molar-refractivity contribution in [3.63, 3.8) is 0 Å². The number of carbonyl (C=O) groups is 1. The summed E-state index contributed by atoms with van der Waals surface area (Å²) in [7, 11) is 5.42. The first-order chi connectivity index (χ1) is 8.51. The lowest BCUT2D eigenvalue weighted by atomic mass is 9.63. The van der Waals surface area contributed by atoms with E-state index in [1.807, 2.05) is 38.1 Å². The number of furan rings is 1. The monoisotopic (exact) mass is 251 g/mol. The average molecular weight is 251 g/mol. The van der Waals surface area contributed by atoms with Gasteiger partial charge in [0.25, 0.3) is 0 Å². The van der Waals surface area contributed by atoms with Gasteiger partial charge in [0, 0.05) is 0 Å². The fourth-order valence-corrected chi connectivity index (χ4v) is 2.97. The predicted octanol–water partition coefficient (Wildman–Crippen LogP) is 2.53. The number of carbonyl (C=O) groups excluding carboxylic acids is 1. The molecule has 2 rings (SSSR count). The summed E-state index contributed by atoms with van der Waals surface area (Å²) >= 11 is 0. The van der Waals surface area contributed by atoms with Crippen LogP contribution in [0.2, 0.25) is 0 Å². The molecule has 0 spiro atoms. The first-order valence-corrected chi connectivity index (χ1v) is 6.32. The van der Waals surface area contributed by atoms with Crippen LogP contribution in [0.1, 0.15) is 36.8 Å². The van der Waals surface area contributed by atoms with E-state index >= 15 is 0 Å². The second kappa shape index (κ2) is 4.76. The van der Waals surface area contributed by atoms with Crippen molar-refractivity contribution in [1.82, 2.24) is 4.90 Å². The van der Waals surface area contributed by atoms with Crippen molar-refractivity contribution in [1.29, 1.82) is 0 Å². The van der Waals surface area contributed by atoms with Gasteiger partial charge in [-0.3, -0.25) is 9.69 Å². The van der Waals surface area contributed by atoms with Gasteiger partial charge in [-0.05, 0) is 46.0 Å². The van der Waals surface area contributed by atoms with Crippen LogP contribution in [0, 0.1) is 12.3 Å². The van der Waals surface area contributed by atoms with Crippen molar-refractivity contribution >= 4 is 5.97 Å². The van der Waals surface area contributed by atoms with E-state index in [-0.39, 0.29) is 12.0 Å². The molecule has 1 heterocycles. The van der Waals surface area contributed by atoms with Gasteiger partial charge in [-0.25, -0.2) is 0 Å². The molecule has 0 aromatic carbocycles. The van der Waals surface area contributed by atoms with Crippen LogP contribution in [0.5, 0.6) is 0 Å². The first kappa shape index (κ1) is 13.1. The molecule has 4 heteroatoms. The van der Waals surface area contributed by atoms with Crippen LogP contribution in [0.3, 0.4) is 0 Å². The molecule has 1 unspecified atom stereocenters. The molecule has 1 fully saturated rings. The summed E-state index contributed by atoms with van der Waals surface area (Å²) in [5.41, 5.74) is -0.442. The van der Waals surface area contributed by atoms with Crippen LogP contribution in [0.4, 0.5) is 0 Å². The van der Waals surface area contributed by atoms with Gasteiger partial charge < -0.3 is 9.15 Å². The highest BCUT2D eigenvalue weighted by molar-refractivity contribution is 5.79. The van der Waals surface area contributed by atoms with Crippen molar-refractivity contribution in [3.05, 3.63) is 23.7 Å². The number of rotatable bonds is 4. The zero-order valence-electron chi connectivity index (χ0n) is 11.5. The summed E-state index contributed by atoms with van der Waals surface area (Å²) in [4.78, 5) is 14.2.